The molecule has 0 heterocycles. The highest BCUT2D eigenvalue weighted by atomic mass is 32.2. The van der Waals surface area contributed by atoms with Crippen molar-refractivity contribution >= 4 is 11.9 Å². The summed E-state index contributed by atoms with van der Waals surface area (Å²) in [4.78, 5) is 0. The lowest BCUT2D eigenvalue weighted by atomic mass is 9.95. The van der Waals surface area contributed by atoms with Gasteiger partial charge in [0.25, 0.3) is 0 Å². The Hall–Kier alpha value is -0.510. The summed E-state index contributed by atoms with van der Waals surface area (Å²) in [5, 5.41) is 5.84. The SMILES string of the molecule is CC(C)c1ccccc1C(CN)SN. The van der Waals surface area contributed by atoms with E-state index in [2.05, 4.69) is 32.0 Å². The Labute approximate surface area is 90.2 Å². The number of hydrogen-bond donors (Lipinski definition) is 2. The van der Waals surface area contributed by atoms with Crippen LogP contribution in [0.25, 0.3) is 0 Å². The number of benzene rings is 1. The van der Waals surface area contributed by atoms with Crippen molar-refractivity contribution in [1.82, 2.24) is 0 Å². The van der Waals surface area contributed by atoms with Crippen LogP contribution in [0, 0.1) is 0 Å². The van der Waals surface area contributed by atoms with Crippen molar-refractivity contribution < 1.29 is 0 Å². The molecule has 0 aliphatic rings. The molecule has 0 saturated carbocycles. The average Bonchev–Trinajstić information content (AvgIpc) is 2.20. The zero-order chi connectivity index (χ0) is 10.6. The van der Waals surface area contributed by atoms with E-state index in [1.807, 2.05) is 6.07 Å². The van der Waals surface area contributed by atoms with Gasteiger partial charge in [0.15, 0.2) is 0 Å². The summed E-state index contributed by atoms with van der Waals surface area (Å²) in [6, 6.07) is 8.37. The maximum atomic E-state index is 5.68. The van der Waals surface area contributed by atoms with E-state index in [0.717, 1.165) is 0 Å². The first-order valence-corrected chi connectivity index (χ1v) is 5.79. The van der Waals surface area contributed by atoms with E-state index >= 15 is 0 Å². The molecule has 0 spiro atoms. The van der Waals surface area contributed by atoms with Gasteiger partial charge in [0.1, 0.15) is 0 Å². The first-order valence-electron chi connectivity index (χ1n) is 4.85. The fourth-order valence-corrected chi connectivity index (χ4v) is 2.06. The van der Waals surface area contributed by atoms with Crippen LogP contribution in [0.5, 0.6) is 0 Å². The van der Waals surface area contributed by atoms with E-state index in [4.69, 9.17) is 10.9 Å². The Morgan fingerprint density at radius 2 is 1.79 bits per heavy atom. The molecule has 1 aromatic carbocycles. The number of nitrogens with two attached hydrogens (primary N) is 2. The smallest absolute Gasteiger partial charge is 0.0565 e. The minimum absolute atomic E-state index is 0.216. The molecular formula is C11H18N2S. The minimum atomic E-state index is 0.216. The highest BCUT2D eigenvalue weighted by Gasteiger charge is 2.14. The van der Waals surface area contributed by atoms with E-state index in [9.17, 15) is 0 Å². The fourth-order valence-electron chi connectivity index (χ4n) is 1.59. The molecule has 0 fully saturated rings. The largest absolute Gasteiger partial charge is 0.329 e. The normalized spacial score (nSPS) is 13.2. The van der Waals surface area contributed by atoms with Gasteiger partial charge in [-0.05, 0) is 17.0 Å². The first-order chi connectivity index (χ1) is 6.70. The second kappa shape index (κ2) is 5.39. The van der Waals surface area contributed by atoms with E-state index < -0.39 is 0 Å². The third-order valence-corrected chi connectivity index (χ3v) is 3.12. The highest BCUT2D eigenvalue weighted by Crippen LogP contribution is 2.30. The lowest BCUT2D eigenvalue weighted by molar-refractivity contribution is 0.825. The Balaban J connectivity index is 3.05. The van der Waals surface area contributed by atoms with Gasteiger partial charge in [-0.15, -0.1) is 0 Å². The highest BCUT2D eigenvalue weighted by molar-refractivity contribution is 7.97. The van der Waals surface area contributed by atoms with Crippen LogP contribution in [0.4, 0.5) is 0 Å². The Morgan fingerprint density at radius 3 is 2.21 bits per heavy atom. The van der Waals surface area contributed by atoms with Crippen molar-refractivity contribution in [2.75, 3.05) is 6.54 Å². The van der Waals surface area contributed by atoms with Crippen LogP contribution < -0.4 is 10.9 Å². The lowest BCUT2D eigenvalue weighted by Gasteiger charge is -2.18. The zero-order valence-electron chi connectivity index (χ0n) is 8.73. The van der Waals surface area contributed by atoms with Crippen molar-refractivity contribution in [2.24, 2.45) is 10.9 Å². The molecule has 0 aliphatic carbocycles. The molecule has 3 heteroatoms. The Kier molecular flexibility index (Phi) is 4.45. The topological polar surface area (TPSA) is 52.0 Å². The van der Waals surface area contributed by atoms with Crippen LogP contribution in [-0.2, 0) is 0 Å². The van der Waals surface area contributed by atoms with E-state index in [1.165, 1.54) is 23.1 Å². The van der Waals surface area contributed by atoms with Crippen molar-refractivity contribution in [1.29, 1.82) is 0 Å². The monoisotopic (exact) mass is 210 g/mol. The second-order valence-electron chi connectivity index (χ2n) is 3.64. The molecule has 0 aliphatic heterocycles. The number of hydrogen-bond acceptors (Lipinski definition) is 3. The summed E-state index contributed by atoms with van der Waals surface area (Å²) < 4.78 is 0. The van der Waals surface area contributed by atoms with Gasteiger partial charge in [0.2, 0.25) is 0 Å². The first kappa shape index (κ1) is 11.6. The summed E-state index contributed by atoms with van der Waals surface area (Å²) in [7, 11) is 0. The van der Waals surface area contributed by atoms with Gasteiger partial charge >= 0.3 is 0 Å². The molecule has 78 valence electrons. The quantitative estimate of drug-likeness (QED) is 0.750. The molecule has 14 heavy (non-hydrogen) atoms. The molecule has 0 saturated heterocycles. The molecule has 0 radical (unpaired) electrons. The molecular weight excluding hydrogens is 192 g/mol. The summed E-state index contributed by atoms with van der Waals surface area (Å²) in [6.45, 7) is 4.96. The van der Waals surface area contributed by atoms with Gasteiger partial charge in [0.05, 0.1) is 5.25 Å². The predicted octanol–water partition coefficient (Wildman–Crippen LogP) is 2.42. The molecule has 1 rings (SSSR count). The third-order valence-electron chi connectivity index (χ3n) is 2.34. The molecule has 4 N–H and O–H groups in total. The van der Waals surface area contributed by atoms with Crippen LogP contribution >= 0.6 is 11.9 Å². The van der Waals surface area contributed by atoms with Crippen molar-refractivity contribution in [3.63, 3.8) is 0 Å². The van der Waals surface area contributed by atoms with Crippen molar-refractivity contribution in [2.45, 2.75) is 25.0 Å². The van der Waals surface area contributed by atoms with Gasteiger partial charge in [-0.25, -0.2) is 0 Å². The molecule has 0 amide bonds. The van der Waals surface area contributed by atoms with Crippen LogP contribution in [0.15, 0.2) is 24.3 Å². The van der Waals surface area contributed by atoms with Crippen LogP contribution in [0.3, 0.4) is 0 Å². The number of rotatable bonds is 4. The summed E-state index contributed by atoms with van der Waals surface area (Å²) in [5.74, 6) is 0.521. The third kappa shape index (κ3) is 2.50. The van der Waals surface area contributed by atoms with Gasteiger partial charge < -0.3 is 5.73 Å². The van der Waals surface area contributed by atoms with E-state index in [-0.39, 0.29) is 5.25 Å². The minimum Gasteiger partial charge on any atom is -0.329 e. The van der Waals surface area contributed by atoms with Crippen LogP contribution in [0.2, 0.25) is 0 Å². The summed E-state index contributed by atoms with van der Waals surface area (Å²) in [6.07, 6.45) is 0. The zero-order valence-corrected chi connectivity index (χ0v) is 9.55. The van der Waals surface area contributed by atoms with Gasteiger partial charge in [-0.3, -0.25) is 5.14 Å². The predicted molar refractivity (Wildman–Crippen MR) is 64.1 cm³/mol. The van der Waals surface area contributed by atoms with Gasteiger partial charge in [-0.2, -0.15) is 0 Å². The Morgan fingerprint density at radius 1 is 1.21 bits per heavy atom. The molecule has 2 nitrogen and oxygen atoms in total. The van der Waals surface area contributed by atoms with Crippen molar-refractivity contribution in [3.8, 4) is 0 Å². The standard InChI is InChI=1S/C11H18N2S/c1-8(2)9-5-3-4-6-10(9)11(7-12)14-13/h3-6,8,11H,7,12-13H2,1-2H3. The fraction of sp³-hybridized carbons (Fsp3) is 0.455. The molecule has 0 bridgehead atoms. The Bertz CT molecular complexity index is 282. The van der Waals surface area contributed by atoms with Gasteiger partial charge in [0, 0.05) is 6.54 Å². The van der Waals surface area contributed by atoms with Crippen LogP contribution in [-0.4, -0.2) is 6.54 Å². The molecule has 1 atom stereocenters. The van der Waals surface area contributed by atoms with E-state index in [1.54, 1.807) is 0 Å². The molecule has 1 aromatic rings. The average molecular weight is 210 g/mol. The maximum Gasteiger partial charge on any atom is 0.0565 e. The van der Waals surface area contributed by atoms with E-state index in [0.29, 0.717) is 12.5 Å². The van der Waals surface area contributed by atoms with Gasteiger partial charge in [-0.1, -0.05) is 50.1 Å². The second-order valence-corrected chi connectivity index (χ2v) is 4.49. The summed E-state index contributed by atoms with van der Waals surface area (Å²) >= 11 is 1.33. The maximum absolute atomic E-state index is 5.68. The molecule has 1 unspecified atom stereocenters. The summed E-state index contributed by atoms with van der Waals surface area (Å²) in [5.41, 5.74) is 8.31. The molecule has 0 aromatic heterocycles. The van der Waals surface area contributed by atoms with Crippen molar-refractivity contribution in [3.05, 3.63) is 35.4 Å². The van der Waals surface area contributed by atoms with Crippen LogP contribution in [0.1, 0.15) is 36.1 Å². The lowest BCUT2D eigenvalue weighted by Crippen LogP contribution is -2.13.